The molecular formula is C10H9Cl2FO3S. The minimum absolute atomic E-state index is 0.0368. The van der Waals surface area contributed by atoms with E-state index in [2.05, 4.69) is 0 Å². The average molecular weight is 299 g/mol. The van der Waals surface area contributed by atoms with Gasteiger partial charge < -0.3 is 4.74 Å². The Balaban J connectivity index is 2.38. The second kappa shape index (κ2) is 4.63. The summed E-state index contributed by atoms with van der Waals surface area (Å²) >= 11 is 5.83. The first-order valence-corrected chi connectivity index (χ1v) is 7.78. The molecule has 94 valence electrons. The van der Waals surface area contributed by atoms with Crippen molar-refractivity contribution in [3.05, 3.63) is 28.5 Å². The number of benzene rings is 1. The molecule has 17 heavy (non-hydrogen) atoms. The van der Waals surface area contributed by atoms with Crippen molar-refractivity contribution in [1.29, 1.82) is 0 Å². The smallest absolute Gasteiger partial charge is 0.236 e. The van der Waals surface area contributed by atoms with Gasteiger partial charge in [-0.05, 0) is 25.0 Å². The highest BCUT2D eigenvalue weighted by Crippen LogP contribution is 2.36. The first kappa shape index (κ1) is 12.9. The van der Waals surface area contributed by atoms with E-state index < -0.39 is 20.6 Å². The molecule has 2 rings (SSSR count). The molecule has 0 heterocycles. The van der Waals surface area contributed by atoms with Crippen molar-refractivity contribution in [3.63, 3.8) is 0 Å². The van der Waals surface area contributed by atoms with Crippen molar-refractivity contribution < 1.29 is 17.5 Å². The van der Waals surface area contributed by atoms with Crippen molar-refractivity contribution >= 4 is 31.3 Å². The van der Waals surface area contributed by atoms with Gasteiger partial charge in [-0.1, -0.05) is 11.6 Å². The van der Waals surface area contributed by atoms with Crippen molar-refractivity contribution in [3.8, 4) is 5.75 Å². The van der Waals surface area contributed by atoms with Crippen molar-refractivity contribution in [2.75, 3.05) is 0 Å². The molecule has 0 atom stereocenters. The van der Waals surface area contributed by atoms with Crippen LogP contribution in [0.3, 0.4) is 0 Å². The predicted octanol–water partition coefficient (Wildman–Crippen LogP) is 3.09. The van der Waals surface area contributed by atoms with Gasteiger partial charge >= 0.3 is 0 Å². The van der Waals surface area contributed by atoms with E-state index in [1.165, 1.54) is 0 Å². The zero-order valence-electron chi connectivity index (χ0n) is 8.62. The molecule has 1 fully saturated rings. The van der Waals surface area contributed by atoms with Crippen LogP contribution in [0.4, 0.5) is 4.39 Å². The lowest BCUT2D eigenvalue weighted by molar-refractivity contribution is 0.300. The van der Waals surface area contributed by atoms with Crippen LogP contribution in [-0.2, 0) is 14.8 Å². The van der Waals surface area contributed by atoms with E-state index in [0.717, 1.165) is 25.0 Å². The third-order valence-corrected chi connectivity index (χ3v) is 3.49. The normalized spacial score (nSPS) is 15.9. The summed E-state index contributed by atoms with van der Waals surface area (Å²) in [5.74, 6) is -0.915. The quantitative estimate of drug-likeness (QED) is 0.802. The first-order chi connectivity index (χ1) is 7.85. The second-order valence-electron chi connectivity index (χ2n) is 3.88. The van der Waals surface area contributed by atoms with E-state index in [9.17, 15) is 12.8 Å². The summed E-state index contributed by atoms with van der Waals surface area (Å²) in [6.07, 6.45) is 1.82. The van der Waals surface area contributed by atoms with Crippen LogP contribution in [0.2, 0.25) is 5.02 Å². The summed E-state index contributed by atoms with van der Waals surface area (Å²) in [6.45, 7) is 0. The lowest BCUT2D eigenvalue weighted by Crippen LogP contribution is -2.04. The molecule has 0 unspecified atom stereocenters. The molecule has 0 saturated heterocycles. The van der Waals surface area contributed by atoms with Crippen molar-refractivity contribution in [2.24, 2.45) is 0 Å². The minimum Gasteiger partial charge on any atom is -0.489 e. The highest BCUT2D eigenvalue weighted by molar-refractivity contribution is 8.13. The fourth-order valence-electron chi connectivity index (χ4n) is 1.39. The molecule has 0 radical (unpaired) electrons. The number of hydrogen-bond donors (Lipinski definition) is 0. The molecule has 1 aromatic rings. The Bertz CT molecular complexity index is 541. The molecule has 0 aliphatic heterocycles. The predicted molar refractivity (Wildman–Crippen MR) is 63.5 cm³/mol. The van der Waals surface area contributed by atoms with E-state index in [4.69, 9.17) is 27.0 Å². The van der Waals surface area contributed by atoms with Crippen LogP contribution in [0.15, 0.2) is 12.1 Å². The highest BCUT2D eigenvalue weighted by Gasteiger charge is 2.27. The van der Waals surface area contributed by atoms with Gasteiger partial charge in [0.2, 0.25) is 9.05 Å². The lowest BCUT2D eigenvalue weighted by Gasteiger charge is -2.12. The zero-order valence-corrected chi connectivity index (χ0v) is 10.9. The Kier molecular flexibility index (Phi) is 3.52. The Morgan fingerprint density at radius 2 is 2.06 bits per heavy atom. The van der Waals surface area contributed by atoms with Crippen LogP contribution >= 0.6 is 22.3 Å². The zero-order chi connectivity index (χ0) is 12.6. The van der Waals surface area contributed by atoms with E-state index in [-0.39, 0.29) is 22.4 Å². The summed E-state index contributed by atoms with van der Waals surface area (Å²) in [7, 11) is 1.37. The number of ether oxygens (including phenoxy) is 1. The van der Waals surface area contributed by atoms with E-state index in [0.29, 0.717) is 0 Å². The van der Waals surface area contributed by atoms with Gasteiger partial charge in [0.1, 0.15) is 11.6 Å². The summed E-state index contributed by atoms with van der Waals surface area (Å²) in [5.41, 5.74) is 0.150. The van der Waals surface area contributed by atoms with E-state index >= 15 is 0 Å². The topological polar surface area (TPSA) is 43.4 Å². The summed E-state index contributed by atoms with van der Waals surface area (Å²) in [4.78, 5) is 0. The Morgan fingerprint density at radius 1 is 1.41 bits per heavy atom. The monoisotopic (exact) mass is 298 g/mol. The van der Waals surface area contributed by atoms with Gasteiger partial charge in [0.25, 0.3) is 0 Å². The lowest BCUT2D eigenvalue weighted by atomic mass is 10.2. The summed E-state index contributed by atoms with van der Waals surface area (Å²) in [6, 6.07) is 2.16. The minimum atomic E-state index is -3.78. The molecule has 1 aromatic carbocycles. The van der Waals surface area contributed by atoms with Crippen LogP contribution in [0.1, 0.15) is 18.4 Å². The molecule has 0 N–H and O–H groups in total. The Hall–Kier alpha value is -0.520. The molecule has 7 heteroatoms. The molecular weight excluding hydrogens is 290 g/mol. The number of rotatable bonds is 4. The van der Waals surface area contributed by atoms with Gasteiger partial charge in [-0.2, -0.15) is 0 Å². The van der Waals surface area contributed by atoms with Crippen LogP contribution in [-0.4, -0.2) is 14.5 Å². The Labute approximate surface area is 108 Å². The van der Waals surface area contributed by atoms with Crippen LogP contribution in [0.25, 0.3) is 0 Å². The fourth-order valence-corrected chi connectivity index (χ4v) is 2.60. The van der Waals surface area contributed by atoms with Gasteiger partial charge in [-0.25, -0.2) is 12.8 Å². The van der Waals surface area contributed by atoms with Crippen LogP contribution in [0.5, 0.6) is 5.75 Å². The maximum atomic E-state index is 13.2. The van der Waals surface area contributed by atoms with Gasteiger partial charge in [-0.15, -0.1) is 0 Å². The first-order valence-electron chi connectivity index (χ1n) is 4.92. The molecule has 1 aliphatic carbocycles. The number of hydrogen-bond acceptors (Lipinski definition) is 3. The largest absolute Gasteiger partial charge is 0.489 e. The second-order valence-corrected chi connectivity index (χ2v) is 7.06. The van der Waals surface area contributed by atoms with Gasteiger partial charge in [-0.3, -0.25) is 0 Å². The highest BCUT2D eigenvalue weighted by atomic mass is 35.7. The van der Waals surface area contributed by atoms with Crippen LogP contribution < -0.4 is 4.74 Å². The standard InChI is InChI=1S/C10H9Cl2FO3S/c11-9-4-7(13)3-6(5-17(12,14)15)10(9)16-8-1-2-8/h3-4,8H,1-2,5H2. The van der Waals surface area contributed by atoms with Gasteiger partial charge in [0.05, 0.1) is 16.9 Å². The summed E-state index contributed by atoms with van der Waals surface area (Å²) < 4.78 is 40.7. The molecule has 1 aliphatic rings. The van der Waals surface area contributed by atoms with Gasteiger partial charge in [0, 0.05) is 16.2 Å². The molecule has 0 bridgehead atoms. The van der Waals surface area contributed by atoms with Crippen molar-refractivity contribution in [2.45, 2.75) is 24.7 Å². The average Bonchev–Trinajstić information content (AvgIpc) is 2.91. The molecule has 0 spiro atoms. The third-order valence-electron chi connectivity index (χ3n) is 2.22. The maximum Gasteiger partial charge on any atom is 0.236 e. The van der Waals surface area contributed by atoms with E-state index in [1.807, 2.05) is 0 Å². The molecule has 0 amide bonds. The molecule has 1 saturated carbocycles. The SMILES string of the molecule is O=S(=O)(Cl)Cc1cc(F)cc(Cl)c1OC1CC1. The molecule has 3 nitrogen and oxygen atoms in total. The van der Waals surface area contributed by atoms with Crippen molar-refractivity contribution in [1.82, 2.24) is 0 Å². The Morgan fingerprint density at radius 3 is 2.59 bits per heavy atom. The van der Waals surface area contributed by atoms with E-state index in [1.54, 1.807) is 0 Å². The summed E-state index contributed by atoms with van der Waals surface area (Å²) in [5, 5.41) is 0.0622. The van der Waals surface area contributed by atoms with Gasteiger partial charge in [0.15, 0.2) is 0 Å². The number of halogens is 3. The molecule has 0 aromatic heterocycles. The third kappa shape index (κ3) is 3.72. The fraction of sp³-hybridized carbons (Fsp3) is 0.400. The maximum absolute atomic E-state index is 13.2. The van der Waals surface area contributed by atoms with Crippen LogP contribution in [0, 0.1) is 5.82 Å².